The van der Waals surface area contributed by atoms with Gasteiger partial charge in [0, 0.05) is 6.54 Å². The van der Waals surface area contributed by atoms with Crippen molar-refractivity contribution in [2.75, 3.05) is 6.54 Å². The zero-order valence-corrected chi connectivity index (χ0v) is 26.4. The molecule has 0 saturated heterocycles. The van der Waals surface area contributed by atoms with Crippen LogP contribution in [0.25, 0.3) is 0 Å². The van der Waals surface area contributed by atoms with Crippen LogP contribution in [0.15, 0.2) is 60.7 Å². The highest BCUT2D eigenvalue weighted by molar-refractivity contribution is 5.87. The molecular formula is C35H49NO5. The molecule has 0 aromatic heterocycles. The summed E-state index contributed by atoms with van der Waals surface area (Å²) in [5, 5.41) is 10.9. The van der Waals surface area contributed by atoms with E-state index < -0.39 is 33.0 Å². The van der Waals surface area contributed by atoms with Crippen LogP contribution >= 0.6 is 0 Å². The number of carbonyl (C=O) groups excluding carboxylic acids is 2. The maximum absolute atomic E-state index is 14.7. The molecule has 0 spiro atoms. The minimum absolute atomic E-state index is 0.188. The maximum atomic E-state index is 14.7. The van der Waals surface area contributed by atoms with Gasteiger partial charge in [0.15, 0.2) is 0 Å². The first-order chi connectivity index (χ1) is 19.0. The van der Waals surface area contributed by atoms with Crippen LogP contribution in [0.2, 0.25) is 0 Å². The van der Waals surface area contributed by atoms with Crippen molar-refractivity contribution in [3.63, 3.8) is 0 Å². The summed E-state index contributed by atoms with van der Waals surface area (Å²) in [7, 11) is 0. The Hall–Kier alpha value is -2.86. The van der Waals surface area contributed by atoms with E-state index in [1.807, 2.05) is 65.6 Å². The third-order valence-electron chi connectivity index (χ3n) is 11.0. The van der Waals surface area contributed by atoms with E-state index in [4.69, 9.17) is 9.47 Å². The lowest BCUT2D eigenvalue weighted by Crippen LogP contribution is -2.58. The average molecular weight is 564 g/mol. The van der Waals surface area contributed by atoms with E-state index in [-0.39, 0.29) is 24.6 Å². The van der Waals surface area contributed by atoms with Gasteiger partial charge in [0.05, 0.1) is 11.1 Å². The molecule has 6 nitrogen and oxygen atoms in total. The topological polar surface area (TPSA) is 76.1 Å². The first-order valence-electron chi connectivity index (χ1n) is 14.9. The second kappa shape index (κ2) is 10.4. The van der Waals surface area contributed by atoms with Gasteiger partial charge in [0.2, 0.25) is 0 Å². The normalized spacial score (nSPS) is 27.1. The summed E-state index contributed by atoms with van der Waals surface area (Å²) in [4.78, 5) is 30.7. The smallest absolute Gasteiger partial charge is 0.410 e. The SMILES string of the molecule is CC(C)CN(C(=O)OCc1ccccc1)[C@@]12CC[C@@](C)(C1(C)C)[C@](C(=O)OC(C)(C)C(C)(C)O)(c1ccccc1)C2. The van der Waals surface area contributed by atoms with E-state index in [0.717, 1.165) is 24.0 Å². The molecular weight excluding hydrogens is 514 g/mol. The number of ether oxygens (including phenoxy) is 2. The van der Waals surface area contributed by atoms with Gasteiger partial charge in [-0.15, -0.1) is 0 Å². The molecule has 6 heteroatoms. The van der Waals surface area contributed by atoms with E-state index >= 15 is 0 Å². The molecule has 3 atom stereocenters. The van der Waals surface area contributed by atoms with Gasteiger partial charge in [-0.3, -0.25) is 4.79 Å². The van der Waals surface area contributed by atoms with Crippen molar-refractivity contribution < 1.29 is 24.2 Å². The number of rotatable bonds is 9. The van der Waals surface area contributed by atoms with Crippen molar-refractivity contribution >= 4 is 12.1 Å². The molecule has 2 aromatic carbocycles. The van der Waals surface area contributed by atoms with Crippen LogP contribution in [-0.2, 0) is 26.3 Å². The van der Waals surface area contributed by atoms with E-state index in [9.17, 15) is 14.7 Å². The van der Waals surface area contributed by atoms with Crippen LogP contribution in [0.3, 0.4) is 0 Å². The fourth-order valence-corrected chi connectivity index (χ4v) is 7.44. The Morgan fingerprint density at radius 2 is 1.49 bits per heavy atom. The van der Waals surface area contributed by atoms with Crippen LogP contribution in [0.5, 0.6) is 0 Å². The number of hydrogen-bond acceptors (Lipinski definition) is 5. The third kappa shape index (κ3) is 4.76. The van der Waals surface area contributed by atoms with Crippen molar-refractivity contribution in [1.29, 1.82) is 0 Å². The summed E-state index contributed by atoms with van der Waals surface area (Å²) in [6.07, 6.45) is 1.57. The molecule has 1 amide bonds. The molecule has 224 valence electrons. The van der Waals surface area contributed by atoms with Crippen molar-refractivity contribution in [2.45, 2.75) is 110 Å². The van der Waals surface area contributed by atoms with Crippen LogP contribution in [0.4, 0.5) is 4.79 Å². The number of hydrogen-bond donors (Lipinski definition) is 1. The predicted octanol–water partition coefficient (Wildman–Crippen LogP) is 7.28. The fourth-order valence-electron chi connectivity index (χ4n) is 7.44. The number of aliphatic hydroxyl groups is 1. The second-order valence-corrected chi connectivity index (χ2v) is 14.4. The zero-order valence-electron chi connectivity index (χ0n) is 26.4. The summed E-state index contributed by atoms with van der Waals surface area (Å²) in [5.74, 6) is -0.153. The number of esters is 1. The van der Waals surface area contributed by atoms with E-state index in [0.29, 0.717) is 13.0 Å². The van der Waals surface area contributed by atoms with Crippen LogP contribution in [0, 0.1) is 16.7 Å². The first-order valence-corrected chi connectivity index (χ1v) is 14.9. The van der Waals surface area contributed by atoms with Crippen molar-refractivity contribution in [1.82, 2.24) is 4.90 Å². The molecule has 41 heavy (non-hydrogen) atoms. The summed E-state index contributed by atoms with van der Waals surface area (Å²) in [6.45, 7) is 18.4. The fraction of sp³-hybridized carbons (Fsp3) is 0.600. The molecule has 2 aliphatic rings. The van der Waals surface area contributed by atoms with Gasteiger partial charge in [0.25, 0.3) is 0 Å². The predicted molar refractivity (Wildman–Crippen MR) is 161 cm³/mol. The molecule has 0 radical (unpaired) electrons. The van der Waals surface area contributed by atoms with Gasteiger partial charge in [-0.2, -0.15) is 0 Å². The summed E-state index contributed by atoms with van der Waals surface area (Å²) in [6, 6.07) is 19.6. The Morgan fingerprint density at radius 3 is 2.02 bits per heavy atom. The average Bonchev–Trinajstić information content (AvgIpc) is 3.20. The number of carbonyl (C=O) groups is 2. The third-order valence-corrected chi connectivity index (χ3v) is 11.0. The Balaban J connectivity index is 1.84. The van der Waals surface area contributed by atoms with Crippen LogP contribution in [0.1, 0.15) is 92.7 Å². The summed E-state index contributed by atoms with van der Waals surface area (Å²) >= 11 is 0. The van der Waals surface area contributed by atoms with E-state index in [1.54, 1.807) is 27.7 Å². The van der Waals surface area contributed by atoms with Gasteiger partial charge in [-0.25, -0.2) is 4.79 Å². The highest BCUT2D eigenvalue weighted by Gasteiger charge is 2.80. The Morgan fingerprint density at radius 1 is 0.927 bits per heavy atom. The molecule has 2 fully saturated rings. The van der Waals surface area contributed by atoms with Crippen molar-refractivity contribution in [3.8, 4) is 0 Å². The van der Waals surface area contributed by atoms with Gasteiger partial charge >= 0.3 is 12.1 Å². The number of amides is 1. The van der Waals surface area contributed by atoms with Crippen LogP contribution in [-0.4, -0.2) is 45.4 Å². The maximum Gasteiger partial charge on any atom is 0.410 e. The molecule has 1 N–H and O–H groups in total. The van der Waals surface area contributed by atoms with Gasteiger partial charge < -0.3 is 19.5 Å². The molecule has 2 aromatic rings. The van der Waals surface area contributed by atoms with Crippen molar-refractivity contribution in [2.24, 2.45) is 16.7 Å². The number of benzene rings is 2. The first kappa shape index (κ1) is 31.1. The van der Waals surface area contributed by atoms with Crippen molar-refractivity contribution in [3.05, 3.63) is 71.8 Å². The molecule has 0 unspecified atom stereocenters. The molecule has 0 heterocycles. The summed E-state index contributed by atoms with van der Waals surface area (Å²) < 4.78 is 12.3. The summed E-state index contributed by atoms with van der Waals surface area (Å²) in [5.41, 5.74) is -3.25. The zero-order chi connectivity index (χ0) is 30.5. The molecule has 4 rings (SSSR count). The van der Waals surface area contributed by atoms with Crippen LogP contribution < -0.4 is 0 Å². The number of fused-ring (bicyclic) bond motifs is 2. The quantitative estimate of drug-likeness (QED) is 0.325. The highest BCUT2D eigenvalue weighted by Crippen LogP contribution is 2.77. The number of nitrogens with zero attached hydrogens (tertiary/aromatic N) is 1. The van der Waals surface area contributed by atoms with E-state index in [2.05, 4.69) is 34.6 Å². The van der Waals surface area contributed by atoms with Gasteiger partial charge in [-0.1, -0.05) is 95.3 Å². The second-order valence-electron chi connectivity index (χ2n) is 14.4. The molecule has 2 aliphatic carbocycles. The molecule has 2 bridgehead atoms. The lowest BCUT2D eigenvalue weighted by molar-refractivity contribution is -0.193. The largest absolute Gasteiger partial charge is 0.456 e. The minimum atomic E-state index is -1.25. The standard InChI is InChI=1S/C35H49NO5/c1-25(2)22-36(29(38)40-23-26-16-12-10-13-17-26)34-21-20-33(9,30(34,3)4)35(24-34,27-18-14-11-15-19-27)28(37)41-32(7,8)31(5,6)39/h10-19,25,39H,20-24H2,1-9H3/t33-,34+,35-/m0/s1. The lowest BCUT2D eigenvalue weighted by Gasteiger charge is -2.49. The minimum Gasteiger partial charge on any atom is -0.456 e. The Labute approximate surface area is 246 Å². The molecule has 0 aliphatic heterocycles. The highest BCUT2D eigenvalue weighted by atomic mass is 16.6. The lowest BCUT2D eigenvalue weighted by atomic mass is 9.55. The Kier molecular flexibility index (Phi) is 7.92. The molecule has 2 saturated carbocycles. The van der Waals surface area contributed by atoms with Gasteiger partial charge in [-0.05, 0) is 74.8 Å². The van der Waals surface area contributed by atoms with Gasteiger partial charge in [0.1, 0.15) is 17.6 Å². The Bertz CT molecular complexity index is 1250. The monoisotopic (exact) mass is 563 g/mol. The van der Waals surface area contributed by atoms with E-state index in [1.165, 1.54) is 0 Å².